The third kappa shape index (κ3) is 1.31. The van der Waals surface area contributed by atoms with Crippen LogP contribution in [-0.4, -0.2) is 41.6 Å². The zero-order valence-electron chi connectivity index (χ0n) is 8.41. The van der Waals surface area contributed by atoms with Crippen molar-refractivity contribution in [3.63, 3.8) is 0 Å². The van der Waals surface area contributed by atoms with E-state index in [0.29, 0.717) is 0 Å². The van der Waals surface area contributed by atoms with Gasteiger partial charge in [0.2, 0.25) is 0 Å². The van der Waals surface area contributed by atoms with Crippen LogP contribution in [0.2, 0.25) is 0 Å². The highest BCUT2D eigenvalue weighted by Gasteiger charge is 2.40. The van der Waals surface area contributed by atoms with E-state index in [0.717, 1.165) is 12.2 Å². The van der Waals surface area contributed by atoms with Gasteiger partial charge in [-0.05, 0) is 45.2 Å². The van der Waals surface area contributed by atoms with E-state index < -0.39 is 0 Å². The van der Waals surface area contributed by atoms with Gasteiger partial charge in [0.25, 0.3) is 0 Å². The van der Waals surface area contributed by atoms with Crippen molar-refractivity contribution < 1.29 is 0 Å². The van der Waals surface area contributed by atoms with Gasteiger partial charge in [0.05, 0.1) is 6.17 Å². The summed E-state index contributed by atoms with van der Waals surface area (Å²) < 4.78 is 0. The third-order valence-electron chi connectivity index (χ3n) is 4.13. The van der Waals surface area contributed by atoms with Crippen LogP contribution in [0.1, 0.15) is 38.5 Å². The van der Waals surface area contributed by atoms with Crippen LogP contribution < -0.4 is 0 Å². The highest BCUT2D eigenvalue weighted by molar-refractivity contribution is 4.92. The molecule has 0 aromatic carbocycles. The van der Waals surface area contributed by atoms with Crippen molar-refractivity contribution in [3.8, 4) is 0 Å². The Morgan fingerprint density at radius 3 is 2.00 bits per heavy atom. The minimum Gasteiger partial charge on any atom is -0.288 e. The first kappa shape index (κ1) is 8.25. The maximum Gasteiger partial charge on any atom is 0.0637 e. The fourth-order valence-electron chi connectivity index (χ4n) is 2.97. The fraction of sp³-hybridized carbons (Fsp3) is 1.00. The lowest BCUT2D eigenvalue weighted by atomic mass is 9.88. The second-order valence-corrected chi connectivity index (χ2v) is 4.83. The van der Waals surface area contributed by atoms with Crippen molar-refractivity contribution in [1.82, 2.24) is 9.80 Å². The molecule has 3 fully saturated rings. The van der Waals surface area contributed by atoms with E-state index in [-0.39, 0.29) is 0 Å². The number of hydrogen-bond acceptors (Lipinski definition) is 2. The average Bonchev–Trinajstić information content (AvgIpc) is 2.46. The Bertz CT molecular complexity index is 183. The fourth-order valence-corrected chi connectivity index (χ4v) is 2.97. The number of rotatable bonds is 2. The molecule has 1 atom stereocenters. The van der Waals surface area contributed by atoms with E-state index >= 15 is 0 Å². The van der Waals surface area contributed by atoms with Crippen molar-refractivity contribution in [2.45, 2.75) is 50.7 Å². The SMILES string of the molecule is C1CC(N2CCC2N2CCCC2)C1. The Hall–Kier alpha value is -0.0800. The molecule has 2 saturated heterocycles. The first-order valence-corrected chi connectivity index (χ1v) is 5.95. The number of hydrogen-bond donors (Lipinski definition) is 0. The van der Waals surface area contributed by atoms with Gasteiger partial charge in [-0.25, -0.2) is 0 Å². The van der Waals surface area contributed by atoms with Crippen molar-refractivity contribution in [2.75, 3.05) is 19.6 Å². The van der Waals surface area contributed by atoms with E-state index in [9.17, 15) is 0 Å². The highest BCUT2D eigenvalue weighted by atomic mass is 15.4. The van der Waals surface area contributed by atoms with E-state index in [1.165, 1.54) is 58.2 Å². The Balaban J connectivity index is 1.58. The van der Waals surface area contributed by atoms with Crippen molar-refractivity contribution in [2.24, 2.45) is 0 Å². The van der Waals surface area contributed by atoms with E-state index in [4.69, 9.17) is 0 Å². The summed E-state index contributed by atoms with van der Waals surface area (Å²) in [6.45, 7) is 4.12. The van der Waals surface area contributed by atoms with E-state index in [1.54, 1.807) is 0 Å². The second-order valence-electron chi connectivity index (χ2n) is 4.83. The maximum atomic E-state index is 2.76. The van der Waals surface area contributed by atoms with Gasteiger partial charge >= 0.3 is 0 Å². The average molecular weight is 180 g/mol. The topological polar surface area (TPSA) is 6.48 Å². The molecule has 0 spiro atoms. The molecule has 74 valence electrons. The van der Waals surface area contributed by atoms with Crippen LogP contribution in [0.25, 0.3) is 0 Å². The predicted molar refractivity (Wildman–Crippen MR) is 53.6 cm³/mol. The summed E-state index contributed by atoms with van der Waals surface area (Å²) in [6.07, 6.45) is 9.61. The molecule has 0 N–H and O–H groups in total. The molecule has 13 heavy (non-hydrogen) atoms. The van der Waals surface area contributed by atoms with Crippen molar-refractivity contribution in [3.05, 3.63) is 0 Å². The quantitative estimate of drug-likeness (QED) is 0.638. The monoisotopic (exact) mass is 180 g/mol. The molecule has 2 heteroatoms. The van der Waals surface area contributed by atoms with Crippen LogP contribution in [0.5, 0.6) is 0 Å². The lowest BCUT2D eigenvalue weighted by Gasteiger charge is -2.52. The molecule has 3 aliphatic rings. The normalized spacial score (nSPS) is 37.4. The van der Waals surface area contributed by atoms with Gasteiger partial charge in [0, 0.05) is 12.6 Å². The van der Waals surface area contributed by atoms with Gasteiger partial charge < -0.3 is 0 Å². The van der Waals surface area contributed by atoms with Gasteiger partial charge in [0.1, 0.15) is 0 Å². The summed E-state index contributed by atoms with van der Waals surface area (Å²) in [5.74, 6) is 0. The molecule has 0 amide bonds. The molecule has 2 nitrogen and oxygen atoms in total. The van der Waals surface area contributed by atoms with Crippen molar-refractivity contribution in [1.29, 1.82) is 0 Å². The van der Waals surface area contributed by atoms with Crippen LogP contribution in [0.3, 0.4) is 0 Å². The maximum absolute atomic E-state index is 2.76. The molecule has 1 saturated carbocycles. The first-order valence-electron chi connectivity index (χ1n) is 5.95. The first-order chi connectivity index (χ1) is 6.45. The lowest BCUT2D eigenvalue weighted by molar-refractivity contribution is -0.0732. The van der Waals surface area contributed by atoms with Crippen LogP contribution >= 0.6 is 0 Å². The Labute approximate surface area is 80.9 Å². The number of nitrogens with zero attached hydrogens (tertiary/aromatic N) is 2. The Kier molecular flexibility index (Phi) is 2.06. The molecule has 1 unspecified atom stereocenters. The van der Waals surface area contributed by atoms with Crippen molar-refractivity contribution >= 4 is 0 Å². The number of likely N-dealkylation sites (tertiary alicyclic amines) is 2. The summed E-state index contributed by atoms with van der Waals surface area (Å²) in [5.41, 5.74) is 0. The second kappa shape index (κ2) is 3.25. The summed E-state index contributed by atoms with van der Waals surface area (Å²) in [5, 5.41) is 0. The smallest absolute Gasteiger partial charge is 0.0637 e. The molecule has 3 rings (SSSR count). The van der Waals surface area contributed by atoms with Gasteiger partial charge in [-0.15, -0.1) is 0 Å². The standard InChI is InChI=1S/C11H20N2/c1-2-8-12(7-1)11-6-9-13(11)10-4-3-5-10/h10-11H,1-9H2. The summed E-state index contributed by atoms with van der Waals surface area (Å²) in [7, 11) is 0. The highest BCUT2D eigenvalue weighted by Crippen LogP contribution is 2.34. The zero-order chi connectivity index (χ0) is 8.67. The lowest BCUT2D eigenvalue weighted by Crippen LogP contribution is -2.61. The van der Waals surface area contributed by atoms with Gasteiger partial charge in [-0.1, -0.05) is 6.42 Å². The molecule has 0 radical (unpaired) electrons. The molecule has 2 heterocycles. The van der Waals surface area contributed by atoms with Crippen LogP contribution in [-0.2, 0) is 0 Å². The summed E-state index contributed by atoms with van der Waals surface area (Å²) >= 11 is 0. The molecule has 2 aliphatic heterocycles. The summed E-state index contributed by atoms with van der Waals surface area (Å²) in [4.78, 5) is 5.47. The molecule has 1 aliphatic carbocycles. The molecule has 0 aromatic rings. The minimum atomic E-state index is 0.854. The zero-order valence-corrected chi connectivity index (χ0v) is 8.41. The minimum absolute atomic E-state index is 0.854. The van der Waals surface area contributed by atoms with E-state index in [1.807, 2.05) is 0 Å². The largest absolute Gasteiger partial charge is 0.288 e. The van der Waals surface area contributed by atoms with E-state index in [2.05, 4.69) is 9.80 Å². The molecular formula is C11H20N2. The van der Waals surface area contributed by atoms with Crippen LogP contribution in [0.15, 0.2) is 0 Å². The third-order valence-corrected chi connectivity index (χ3v) is 4.13. The molecule has 0 aromatic heterocycles. The Morgan fingerprint density at radius 1 is 0.769 bits per heavy atom. The van der Waals surface area contributed by atoms with Gasteiger partial charge in [-0.3, -0.25) is 9.80 Å². The summed E-state index contributed by atoms with van der Waals surface area (Å²) in [6, 6.07) is 0.972. The van der Waals surface area contributed by atoms with Gasteiger partial charge in [-0.2, -0.15) is 0 Å². The molecular weight excluding hydrogens is 160 g/mol. The van der Waals surface area contributed by atoms with Crippen LogP contribution in [0.4, 0.5) is 0 Å². The van der Waals surface area contributed by atoms with Crippen LogP contribution in [0, 0.1) is 0 Å². The molecule has 0 bridgehead atoms. The predicted octanol–water partition coefficient (Wildman–Crippen LogP) is 1.67. The Morgan fingerprint density at radius 2 is 1.54 bits per heavy atom. The van der Waals surface area contributed by atoms with Gasteiger partial charge in [0.15, 0.2) is 0 Å².